The van der Waals surface area contributed by atoms with Gasteiger partial charge in [-0.05, 0) is 19.8 Å². The molecule has 2 nitrogen and oxygen atoms in total. The van der Waals surface area contributed by atoms with E-state index in [1.165, 1.54) is 19.3 Å². The number of aromatic nitrogens is 1. The van der Waals surface area contributed by atoms with Gasteiger partial charge in [0.2, 0.25) is 0 Å². The molecule has 4 heteroatoms. The van der Waals surface area contributed by atoms with Crippen molar-refractivity contribution >= 4 is 28.1 Å². The van der Waals surface area contributed by atoms with Gasteiger partial charge in [0.1, 0.15) is 0 Å². The largest absolute Gasteiger partial charge is 0.347 e. The Hall–Kier alpha value is -0.280. The van der Waals surface area contributed by atoms with Gasteiger partial charge in [0.05, 0.1) is 11.1 Å². The highest BCUT2D eigenvalue weighted by molar-refractivity contribution is 7.13. The standard InChI is InChI=1S/C11H17ClN2S/c1-8-7-15-11(13-8)14(2)10-6-4-3-5-9(10)12/h7,9-10H,3-6H2,1-2H3. The molecule has 1 fully saturated rings. The number of anilines is 1. The molecule has 1 aromatic rings. The molecule has 0 N–H and O–H groups in total. The Morgan fingerprint density at radius 1 is 1.47 bits per heavy atom. The molecule has 2 atom stereocenters. The molecule has 84 valence electrons. The Balaban J connectivity index is 2.09. The van der Waals surface area contributed by atoms with E-state index in [1.807, 2.05) is 6.92 Å². The van der Waals surface area contributed by atoms with E-state index < -0.39 is 0 Å². The predicted octanol–water partition coefficient (Wildman–Crippen LogP) is 3.44. The first-order valence-corrected chi connectivity index (χ1v) is 6.79. The highest BCUT2D eigenvalue weighted by atomic mass is 35.5. The summed E-state index contributed by atoms with van der Waals surface area (Å²) < 4.78 is 0. The molecule has 1 saturated carbocycles. The topological polar surface area (TPSA) is 16.1 Å². The summed E-state index contributed by atoms with van der Waals surface area (Å²) in [6.45, 7) is 2.03. The maximum Gasteiger partial charge on any atom is 0.185 e. The van der Waals surface area contributed by atoms with Crippen LogP contribution in [0.5, 0.6) is 0 Å². The van der Waals surface area contributed by atoms with Gasteiger partial charge < -0.3 is 4.90 Å². The lowest BCUT2D eigenvalue weighted by Gasteiger charge is -2.34. The lowest BCUT2D eigenvalue weighted by molar-refractivity contribution is 0.434. The van der Waals surface area contributed by atoms with Crippen LogP contribution in [-0.2, 0) is 0 Å². The summed E-state index contributed by atoms with van der Waals surface area (Å²) in [5, 5.41) is 3.48. The fourth-order valence-corrected chi connectivity index (χ4v) is 3.42. The third-order valence-corrected chi connectivity index (χ3v) is 4.61. The molecule has 1 heterocycles. The molecule has 0 radical (unpaired) electrons. The van der Waals surface area contributed by atoms with Gasteiger partial charge in [-0.1, -0.05) is 12.8 Å². The van der Waals surface area contributed by atoms with E-state index in [9.17, 15) is 0 Å². The van der Waals surface area contributed by atoms with Crippen molar-refractivity contribution in [2.24, 2.45) is 0 Å². The minimum absolute atomic E-state index is 0.285. The molecule has 0 spiro atoms. The van der Waals surface area contributed by atoms with Crippen molar-refractivity contribution < 1.29 is 0 Å². The average Bonchev–Trinajstić information content (AvgIpc) is 2.65. The number of rotatable bonds is 2. The van der Waals surface area contributed by atoms with Crippen LogP contribution in [0.15, 0.2) is 5.38 Å². The molecule has 0 bridgehead atoms. The van der Waals surface area contributed by atoms with Crippen LogP contribution < -0.4 is 4.90 Å². The summed E-state index contributed by atoms with van der Waals surface area (Å²) in [5.41, 5.74) is 1.10. The molecule has 2 rings (SSSR count). The van der Waals surface area contributed by atoms with Crippen molar-refractivity contribution in [3.05, 3.63) is 11.1 Å². The van der Waals surface area contributed by atoms with Crippen LogP contribution >= 0.6 is 22.9 Å². The molecule has 2 unspecified atom stereocenters. The second kappa shape index (κ2) is 4.71. The summed E-state index contributed by atoms with van der Waals surface area (Å²) in [4.78, 5) is 6.76. The summed E-state index contributed by atoms with van der Waals surface area (Å²) in [7, 11) is 2.11. The molecular formula is C11H17ClN2S. The minimum atomic E-state index is 0.285. The molecule has 0 aliphatic heterocycles. The van der Waals surface area contributed by atoms with E-state index in [2.05, 4.69) is 22.3 Å². The SMILES string of the molecule is Cc1csc(N(C)C2CCCCC2Cl)n1. The third-order valence-electron chi connectivity index (χ3n) is 3.05. The maximum absolute atomic E-state index is 6.37. The summed E-state index contributed by atoms with van der Waals surface area (Å²) in [6, 6.07) is 0.464. The number of hydrogen-bond acceptors (Lipinski definition) is 3. The van der Waals surface area contributed by atoms with Gasteiger partial charge in [-0.3, -0.25) is 0 Å². The second-order valence-electron chi connectivity index (χ2n) is 4.25. The number of hydrogen-bond donors (Lipinski definition) is 0. The number of nitrogens with zero attached hydrogens (tertiary/aromatic N) is 2. The van der Waals surface area contributed by atoms with Crippen LogP contribution in [0, 0.1) is 6.92 Å². The van der Waals surface area contributed by atoms with Gasteiger partial charge in [-0.25, -0.2) is 4.98 Å². The minimum Gasteiger partial charge on any atom is -0.347 e. The van der Waals surface area contributed by atoms with Crippen LogP contribution in [-0.4, -0.2) is 23.5 Å². The smallest absolute Gasteiger partial charge is 0.185 e. The first kappa shape index (κ1) is 11.2. The van der Waals surface area contributed by atoms with Gasteiger partial charge in [-0.2, -0.15) is 0 Å². The number of thiazole rings is 1. The summed E-state index contributed by atoms with van der Waals surface area (Å²) >= 11 is 8.08. The van der Waals surface area contributed by atoms with Gasteiger partial charge in [-0.15, -0.1) is 22.9 Å². The zero-order valence-electron chi connectivity index (χ0n) is 9.24. The van der Waals surface area contributed by atoms with E-state index in [0.717, 1.165) is 17.2 Å². The van der Waals surface area contributed by atoms with Crippen LogP contribution in [0.4, 0.5) is 5.13 Å². The van der Waals surface area contributed by atoms with Crippen LogP contribution in [0.3, 0.4) is 0 Å². The van der Waals surface area contributed by atoms with E-state index in [4.69, 9.17) is 11.6 Å². The van der Waals surface area contributed by atoms with Gasteiger partial charge in [0.15, 0.2) is 5.13 Å². The van der Waals surface area contributed by atoms with Crippen LogP contribution in [0.2, 0.25) is 0 Å². The van der Waals surface area contributed by atoms with Crippen molar-refractivity contribution in [3.8, 4) is 0 Å². The maximum atomic E-state index is 6.37. The van der Waals surface area contributed by atoms with Crippen molar-refractivity contribution in [2.75, 3.05) is 11.9 Å². The zero-order chi connectivity index (χ0) is 10.8. The zero-order valence-corrected chi connectivity index (χ0v) is 10.8. The molecule has 1 aliphatic carbocycles. The molecule has 1 aromatic heterocycles. The Labute approximate surface area is 100 Å². The van der Waals surface area contributed by atoms with Crippen molar-refractivity contribution in [2.45, 2.75) is 44.0 Å². The Morgan fingerprint density at radius 3 is 2.80 bits per heavy atom. The third kappa shape index (κ3) is 2.45. The molecule has 15 heavy (non-hydrogen) atoms. The van der Waals surface area contributed by atoms with Crippen molar-refractivity contribution in [1.29, 1.82) is 0 Å². The Bertz CT molecular complexity index is 326. The molecule has 0 amide bonds. The summed E-state index contributed by atoms with van der Waals surface area (Å²) in [5.74, 6) is 0. The number of alkyl halides is 1. The Morgan fingerprint density at radius 2 is 2.20 bits per heavy atom. The average molecular weight is 245 g/mol. The molecular weight excluding hydrogens is 228 g/mol. The second-order valence-corrected chi connectivity index (χ2v) is 5.65. The fourth-order valence-electron chi connectivity index (χ4n) is 2.15. The van der Waals surface area contributed by atoms with Crippen LogP contribution in [0.1, 0.15) is 31.4 Å². The quantitative estimate of drug-likeness (QED) is 0.741. The van der Waals surface area contributed by atoms with Crippen molar-refractivity contribution in [1.82, 2.24) is 4.98 Å². The Kier molecular flexibility index (Phi) is 3.52. The number of aryl methyl sites for hydroxylation is 1. The van der Waals surface area contributed by atoms with Gasteiger partial charge in [0.25, 0.3) is 0 Å². The van der Waals surface area contributed by atoms with E-state index in [0.29, 0.717) is 6.04 Å². The number of halogens is 1. The van der Waals surface area contributed by atoms with E-state index >= 15 is 0 Å². The highest BCUT2D eigenvalue weighted by Gasteiger charge is 2.27. The molecule has 0 aromatic carbocycles. The predicted molar refractivity (Wildman–Crippen MR) is 67.2 cm³/mol. The molecule has 1 aliphatic rings. The highest BCUT2D eigenvalue weighted by Crippen LogP contribution is 2.30. The molecule has 0 saturated heterocycles. The first-order valence-electron chi connectivity index (χ1n) is 5.47. The lowest BCUT2D eigenvalue weighted by atomic mass is 9.94. The van der Waals surface area contributed by atoms with E-state index in [-0.39, 0.29) is 5.38 Å². The normalized spacial score (nSPS) is 26.6. The fraction of sp³-hybridized carbons (Fsp3) is 0.727. The first-order chi connectivity index (χ1) is 7.18. The lowest BCUT2D eigenvalue weighted by Crippen LogP contribution is -2.40. The van der Waals surface area contributed by atoms with E-state index in [1.54, 1.807) is 11.3 Å². The monoisotopic (exact) mass is 244 g/mol. The van der Waals surface area contributed by atoms with Gasteiger partial charge >= 0.3 is 0 Å². The summed E-state index contributed by atoms with van der Waals surface area (Å²) in [6.07, 6.45) is 4.90. The van der Waals surface area contributed by atoms with Gasteiger partial charge in [0, 0.05) is 18.5 Å². The van der Waals surface area contributed by atoms with Crippen LogP contribution in [0.25, 0.3) is 0 Å². The van der Waals surface area contributed by atoms with Crippen molar-refractivity contribution in [3.63, 3.8) is 0 Å².